The molecule has 0 aliphatic rings. The molecule has 0 aliphatic heterocycles. The van der Waals surface area contributed by atoms with Crippen molar-refractivity contribution in [2.24, 2.45) is 5.73 Å². The van der Waals surface area contributed by atoms with Gasteiger partial charge in [0.1, 0.15) is 5.82 Å². The lowest BCUT2D eigenvalue weighted by atomic mass is 10.1. The summed E-state index contributed by atoms with van der Waals surface area (Å²) in [6.07, 6.45) is -3.18. The highest BCUT2D eigenvalue weighted by Crippen LogP contribution is 2.36. The van der Waals surface area contributed by atoms with Crippen LogP contribution in [0, 0.1) is 0 Å². The van der Waals surface area contributed by atoms with Crippen molar-refractivity contribution in [1.82, 2.24) is 4.98 Å². The van der Waals surface area contributed by atoms with E-state index in [9.17, 15) is 13.2 Å². The van der Waals surface area contributed by atoms with Gasteiger partial charge >= 0.3 is 6.18 Å². The van der Waals surface area contributed by atoms with Gasteiger partial charge in [-0.2, -0.15) is 13.2 Å². The minimum atomic E-state index is -4.49. The van der Waals surface area contributed by atoms with Crippen molar-refractivity contribution in [2.75, 3.05) is 11.9 Å². The molecule has 0 saturated heterocycles. The maximum absolute atomic E-state index is 13.1. The number of nitrogens with zero attached hydrogens (tertiary/aromatic N) is 1. The number of aromatic nitrogens is 1. The number of hydrogen-bond donors (Lipinski definition) is 2. The van der Waals surface area contributed by atoms with E-state index >= 15 is 0 Å². The van der Waals surface area contributed by atoms with E-state index < -0.39 is 17.8 Å². The van der Waals surface area contributed by atoms with Crippen LogP contribution in [0.15, 0.2) is 47.1 Å². The fraction of sp³-hybridized carbons (Fsp3) is 0.214. The van der Waals surface area contributed by atoms with Crippen LogP contribution in [0.4, 0.5) is 19.0 Å². The molecule has 21 heavy (non-hydrogen) atoms. The molecule has 7 heteroatoms. The normalized spacial score (nSPS) is 13.0. The van der Waals surface area contributed by atoms with Crippen molar-refractivity contribution in [3.8, 4) is 0 Å². The van der Waals surface area contributed by atoms with Crippen LogP contribution in [-0.4, -0.2) is 11.5 Å². The molecule has 0 aliphatic carbocycles. The Kier molecular flexibility index (Phi) is 4.84. The molecular weight excluding hydrogens is 347 g/mol. The van der Waals surface area contributed by atoms with Crippen LogP contribution >= 0.6 is 15.9 Å². The molecule has 0 fully saturated rings. The quantitative estimate of drug-likeness (QED) is 0.868. The summed E-state index contributed by atoms with van der Waals surface area (Å²) in [5, 5.41) is 2.77. The number of pyridine rings is 1. The largest absolute Gasteiger partial charge is 0.419 e. The lowest BCUT2D eigenvalue weighted by Gasteiger charge is -2.21. The summed E-state index contributed by atoms with van der Waals surface area (Å²) in [7, 11) is 0. The molecular formula is C14H13BrF3N3. The van der Waals surface area contributed by atoms with Crippen molar-refractivity contribution in [3.63, 3.8) is 0 Å². The Bertz CT molecular complexity index is 602. The number of benzene rings is 1. The van der Waals surface area contributed by atoms with Crippen LogP contribution in [0.5, 0.6) is 0 Å². The number of alkyl halides is 3. The van der Waals surface area contributed by atoms with Crippen LogP contribution in [0.3, 0.4) is 0 Å². The number of nitrogens with one attached hydrogen (secondary N) is 1. The Morgan fingerprint density at radius 1 is 1.24 bits per heavy atom. The van der Waals surface area contributed by atoms with Gasteiger partial charge in [0.05, 0.1) is 11.6 Å². The van der Waals surface area contributed by atoms with Gasteiger partial charge in [-0.3, -0.25) is 0 Å². The second-order valence-electron chi connectivity index (χ2n) is 4.39. The number of anilines is 1. The first-order chi connectivity index (χ1) is 9.91. The van der Waals surface area contributed by atoms with E-state index in [1.807, 2.05) is 6.07 Å². The summed E-state index contributed by atoms with van der Waals surface area (Å²) < 4.78 is 39.4. The van der Waals surface area contributed by atoms with Gasteiger partial charge in [0.15, 0.2) is 0 Å². The Balaban J connectivity index is 2.34. The third kappa shape index (κ3) is 3.95. The molecule has 1 atom stereocenters. The molecule has 0 amide bonds. The second kappa shape index (κ2) is 6.44. The molecule has 3 nitrogen and oxygen atoms in total. The van der Waals surface area contributed by atoms with Crippen LogP contribution in [0.2, 0.25) is 0 Å². The first-order valence-electron chi connectivity index (χ1n) is 6.16. The number of hydrogen-bond acceptors (Lipinski definition) is 3. The van der Waals surface area contributed by atoms with Gasteiger partial charge in [-0.05, 0) is 27.6 Å². The molecule has 2 rings (SSSR count). The lowest BCUT2D eigenvalue weighted by Crippen LogP contribution is -2.23. The zero-order valence-electron chi connectivity index (χ0n) is 10.9. The molecule has 1 heterocycles. The highest BCUT2D eigenvalue weighted by molar-refractivity contribution is 9.10. The van der Waals surface area contributed by atoms with Gasteiger partial charge in [0.2, 0.25) is 0 Å². The molecule has 112 valence electrons. The molecule has 0 spiro atoms. The Morgan fingerprint density at radius 2 is 1.90 bits per heavy atom. The smallest absolute Gasteiger partial charge is 0.361 e. The monoisotopic (exact) mass is 359 g/mol. The van der Waals surface area contributed by atoms with Gasteiger partial charge in [0, 0.05) is 17.2 Å². The van der Waals surface area contributed by atoms with E-state index in [4.69, 9.17) is 5.73 Å². The first-order valence-corrected chi connectivity index (χ1v) is 6.95. The van der Waals surface area contributed by atoms with E-state index in [0.29, 0.717) is 0 Å². The van der Waals surface area contributed by atoms with E-state index in [-0.39, 0.29) is 16.8 Å². The van der Waals surface area contributed by atoms with E-state index in [1.54, 1.807) is 24.3 Å². The lowest BCUT2D eigenvalue weighted by molar-refractivity contribution is -0.137. The summed E-state index contributed by atoms with van der Waals surface area (Å²) in [6.45, 7) is 0.152. The first kappa shape index (κ1) is 15.8. The third-order valence-electron chi connectivity index (χ3n) is 2.91. The second-order valence-corrected chi connectivity index (χ2v) is 5.31. The zero-order valence-corrected chi connectivity index (χ0v) is 12.4. The van der Waals surface area contributed by atoms with Crippen molar-refractivity contribution in [1.29, 1.82) is 0 Å². The Labute approximate surface area is 128 Å². The fourth-order valence-electron chi connectivity index (χ4n) is 1.90. The van der Waals surface area contributed by atoms with Crippen LogP contribution in [0.25, 0.3) is 0 Å². The fourth-order valence-corrected chi connectivity index (χ4v) is 2.23. The predicted molar refractivity (Wildman–Crippen MR) is 78.8 cm³/mol. The standard InChI is InChI=1S/C14H13BrF3N3/c15-10-6-11(14(16,17)18)13(20-8-10)21-12(7-19)9-4-2-1-3-5-9/h1-6,8,12H,7,19H2,(H,20,21). The summed E-state index contributed by atoms with van der Waals surface area (Å²) in [4.78, 5) is 3.82. The third-order valence-corrected chi connectivity index (χ3v) is 3.34. The van der Waals surface area contributed by atoms with Gasteiger partial charge < -0.3 is 11.1 Å². The maximum atomic E-state index is 13.1. The number of nitrogens with two attached hydrogens (primary N) is 1. The summed E-state index contributed by atoms with van der Waals surface area (Å²) in [5.74, 6) is -0.231. The Hall–Kier alpha value is -1.60. The predicted octanol–water partition coefficient (Wildman–Crippen LogP) is 3.97. The minimum absolute atomic E-state index is 0.152. The molecule has 0 bridgehead atoms. The van der Waals surface area contributed by atoms with Gasteiger partial charge in [0.25, 0.3) is 0 Å². The van der Waals surface area contributed by atoms with E-state index in [0.717, 1.165) is 11.6 Å². The van der Waals surface area contributed by atoms with Crippen molar-refractivity contribution in [3.05, 3.63) is 58.2 Å². The molecule has 1 unspecified atom stereocenters. The maximum Gasteiger partial charge on any atom is 0.419 e. The molecule has 1 aromatic carbocycles. The van der Waals surface area contributed by atoms with Crippen molar-refractivity contribution in [2.45, 2.75) is 12.2 Å². The summed E-state index contributed by atoms with van der Waals surface area (Å²) >= 11 is 3.00. The average Bonchev–Trinajstić information content (AvgIpc) is 2.46. The number of rotatable bonds is 4. The molecule has 0 radical (unpaired) electrons. The summed E-state index contributed by atoms with van der Waals surface area (Å²) in [6, 6.07) is 9.59. The summed E-state index contributed by atoms with van der Waals surface area (Å²) in [5.41, 5.74) is 5.64. The minimum Gasteiger partial charge on any atom is -0.361 e. The highest BCUT2D eigenvalue weighted by Gasteiger charge is 2.35. The van der Waals surface area contributed by atoms with Crippen molar-refractivity contribution < 1.29 is 13.2 Å². The van der Waals surface area contributed by atoms with Crippen LogP contribution in [-0.2, 0) is 6.18 Å². The van der Waals surface area contributed by atoms with E-state index in [2.05, 4.69) is 26.2 Å². The SMILES string of the molecule is NCC(Nc1ncc(Br)cc1C(F)(F)F)c1ccccc1. The molecule has 2 aromatic rings. The number of halogens is 4. The average molecular weight is 360 g/mol. The van der Waals surface area contributed by atoms with Crippen molar-refractivity contribution >= 4 is 21.7 Å². The van der Waals surface area contributed by atoms with Gasteiger partial charge in [-0.15, -0.1) is 0 Å². The highest BCUT2D eigenvalue weighted by atomic mass is 79.9. The zero-order chi connectivity index (χ0) is 15.5. The Morgan fingerprint density at radius 3 is 2.48 bits per heavy atom. The van der Waals surface area contributed by atoms with Gasteiger partial charge in [-0.1, -0.05) is 30.3 Å². The molecule has 0 saturated carbocycles. The van der Waals surface area contributed by atoms with Crippen LogP contribution in [0.1, 0.15) is 17.2 Å². The molecule has 1 aromatic heterocycles. The van der Waals surface area contributed by atoms with Crippen LogP contribution < -0.4 is 11.1 Å². The van der Waals surface area contributed by atoms with Gasteiger partial charge in [-0.25, -0.2) is 4.98 Å². The topological polar surface area (TPSA) is 50.9 Å². The van der Waals surface area contributed by atoms with E-state index in [1.165, 1.54) is 6.20 Å². The molecule has 3 N–H and O–H groups in total.